The molecule has 0 bridgehead atoms. The lowest BCUT2D eigenvalue weighted by molar-refractivity contribution is 0.0946. The number of halogens is 1. The molecule has 1 saturated carbocycles. The Hall–Kier alpha value is -1.14. The van der Waals surface area contributed by atoms with Crippen molar-refractivity contribution in [2.45, 2.75) is 18.9 Å². The molecule has 2 aliphatic rings. The minimum Gasteiger partial charge on any atom is -0.350 e. The molecular weight excluding hydrogens is 242 g/mol. The third kappa shape index (κ3) is 2.76. The summed E-state index contributed by atoms with van der Waals surface area (Å²) >= 11 is 0. The molecule has 6 nitrogen and oxygen atoms in total. The summed E-state index contributed by atoms with van der Waals surface area (Å²) in [5.41, 5.74) is 0.424. The van der Waals surface area contributed by atoms with E-state index in [1.165, 1.54) is 12.8 Å². The minimum atomic E-state index is -0.106. The van der Waals surface area contributed by atoms with E-state index in [0.717, 1.165) is 19.6 Å². The van der Waals surface area contributed by atoms with Crippen molar-refractivity contribution in [2.75, 3.05) is 19.6 Å². The third-order valence-corrected chi connectivity index (χ3v) is 3.13. The number of amides is 1. The number of rotatable bonds is 4. The lowest BCUT2D eigenvalue weighted by Gasteiger charge is -2.26. The molecule has 2 fully saturated rings. The van der Waals surface area contributed by atoms with E-state index >= 15 is 0 Å². The Labute approximate surface area is 106 Å². The Morgan fingerprint density at radius 1 is 1.53 bits per heavy atom. The van der Waals surface area contributed by atoms with E-state index < -0.39 is 0 Å². The molecule has 0 aromatic carbocycles. The molecule has 0 spiro atoms. The lowest BCUT2D eigenvalue weighted by Crippen LogP contribution is -2.43. The number of aromatic nitrogens is 3. The highest BCUT2D eigenvalue weighted by atomic mass is 35.5. The van der Waals surface area contributed by atoms with E-state index in [0.29, 0.717) is 17.7 Å². The van der Waals surface area contributed by atoms with Crippen LogP contribution >= 0.6 is 12.4 Å². The molecule has 94 valence electrons. The van der Waals surface area contributed by atoms with E-state index in [4.69, 9.17) is 0 Å². The zero-order chi connectivity index (χ0) is 11.0. The first-order valence-electron chi connectivity index (χ1n) is 5.73. The van der Waals surface area contributed by atoms with E-state index in [9.17, 15) is 4.79 Å². The standard InChI is InChI=1S/C10H15N5O.ClH/c16-10(12-3-7-1-2-7)9-6-15(14-13-9)8-4-11-5-8;/h6-8,11H,1-5H2,(H,12,16);1H. The Balaban J connectivity index is 0.00000108. The summed E-state index contributed by atoms with van der Waals surface area (Å²) in [4.78, 5) is 11.7. The molecule has 0 atom stereocenters. The van der Waals surface area contributed by atoms with E-state index in [2.05, 4.69) is 20.9 Å². The van der Waals surface area contributed by atoms with Crippen LogP contribution in [0.2, 0.25) is 0 Å². The fourth-order valence-electron chi connectivity index (χ4n) is 1.67. The smallest absolute Gasteiger partial charge is 0.273 e. The quantitative estimate of drug-likeness (QED) is 0.796. The van der Waals surface area contributed by atoms with Crippen LogP contribution in [0.3, 0.4) is 0 Å². The number of nitrogens with zero attached hydrogens (tertiary/aromatic N) is 3. The average Bonchev–Trinajstić information content (AvgIpc) is 2.91. The second-order valence-electron chi connectivity index (χ2n) is 4.55. The Kier molecular flexibility index (Phi) is 3.63. The first kappa shape index (κ1) is 12.3. The molecule has 0 unspecified atom stereocenters. The average molecular weight is 258 g/mol. The summed E-state index contributed by atoms with van der Waals surface area (Å²) in [6.45, 7) is 2.59. The SMILES string of the molecule is Cl.O=C(NCC1CC1)c1cn(C2CNC2)nn1. The summed E-state index contributed by atoms with van der Waals surface area (Å²) in [6.07, 6.45) is 4.20. The second kappa shape index (κ2) is 5.01. The topological polar surface area (TPSA) is 71.8 Å². The van der Waals surface area contributed by atoms with Crippen LogP contribution in [0.1, 0.15) is 29.4 Å². The van der Waals surface area contributed by atoms with Gasteiger partial charge in [0.15, 0.2) is 5.69 Å². The maximum absolute atomic E-state index is 11.7. The number of carbonyl (C=O) groups is 1. The molecule has 1 aromatic rings. The fraction of sp³-hybridized carbons (Fsp3) is 0.700. The third-order valence-electron chi connectivity index (χ3n) is 3.13. The highest BCUT2D eigenvalue weighted by Crippen LogP contribution is 2.27. The van der Waals surface area contributed by atoms with Gasteiger partial charge in [-0.1, -0.05) is 5.21 Å². The molecule has 1 amide bonds. The van der Waals surface area contributed by atoms with E-state index in [1.807, 2.05) is 0 Å². The van der Waals surface area contributed by atoms with Crippen molar-refractivity contribution in [3.8, 4) is 0 Å². The summed E-state index contributed by atoms with van der Waals surface area (Å²) < 4.78 is 1.77. The van der Waals surface area contributed by atoms with Crippen molar-refractivity contribution in [1.29, 1.82) is 0 Å². The van der Waals surface area contributed by atoms with Gasteiger partial charge in [0.05, 0.1) is 12.2 Å². The minimum absolute atomic E-state index is 0. The first-order chi connectivity index (χ1) is 7.83. The molecule has 1 saturated heterocycles. The predicted octanol–water partition coefficient (Wildman–Crippen LogP) is -0.0160. The van der Waals surface area contributed by atoms with E-state index in [-0.39, 0.29) is 18.3 Å². The normalized spacial score (nSPS) is 19.3. The van der Waals surface area contributed by atoms with Crippen LogP contribution in [0.15, 0.2) is 6.20 Å². The van der Waals surface area contributed by atoms with Gasteiger partial charge in [-0.25, -0.2) is 4.68 Å². The van der Waals surface area contributed by atoms with Crippen LogP contribution in [0.4, 0.5) is 0 Å². The summed E-state index contributed by atoms with van der Waals surface area (Å²) in [5.74, 6) is 0.584. The zero-order valence-corrected chi connectivity index (χ0v) is 10.2. The van der Waals surface area contributed by atoms with Crippen molar-refractivity contribution in [3.05, 3.63) is 11.9 Å². The van der Waals surface area contributed by atoms with Crippen molar-refractivity contribution in [2.24, 2.45) is 5.92 Å². The lowest BCUT2D eigenvalue weighted by atomic mass is 10.2. The first-order valence-corrected chi connectivity index (χ1v) is 5.73. The predicted molar refractivity (Wildman–Crippen MR) is 64.2 cm³/mol. The van der Waals surface area contributed by atoms with Crippen molar-refractivity contribution in [1.82, 2.24) is 25.6 Å². The van der Waals surface area contributed by atoms with Gasteiger partial charge in [0, 0.05) is 19.6 Å². The molecule has 7 heteroatoms. The molecule has 1 aromatic heterocycles. The molecule has 17 heavy (non-hydrogen) atoms. The molecule has 2 heterocycles. The molecule has 1 aliphatic carbocycles. The largest absolute Gasteiger partial charge is 0.350 e. The van der Waals surface area contributed by atoms with Crippen LogP contribution in [0.5, 0.6) is 0 Å². The van der Waals surface area contributed by atoms with E-state index in [1.54, 1.807) is 10.9 Å². The van der Waals surface area contributed by atoms with Gasteiger partial charge in [0.25, 0.3) is 5.91 Å². The molecule has 1 aliphatic heterocycles. The van der Waals surface area contributed by atoms with Gasteiger partial charge in [-0.15, -0.1) is 17.5 Å². The van der Waals surface area contributed by atoms with Gasteiger partial charge >= 0.3 is 0 Å². The molecule has 3 rings (SSSR count). The van der Waals surface area contributed by atoms with Crippen molar-refractivity contribution in [3.63, 3.8) is 0 Å². The number of hydrogen-bond acceptors (Lipinski definition) is 4. The Bertz CT molecular complexity index is 399. The van der Waals surface area contributed by atoms with Gasteiger partial charge in [0.1, 0.15) is 0 Å². The monoisotopic (exact) mass is 257 g/mol. The van der Waals surface area contributed by atoms with Gasteiger partial charge in [0.2, 0.25) is 0 Å². The number of nitrogens with one attached hydrogen (secondary N) is 2. The number of carbonyl (C=O) groups excluding carboxylic acids is 1. The summed E-state index contributed by atoms with van der Waals surface area (Å²) in [6, 6.07) is 0.359. The molecule has 0 radical (unpaired) electrons. The maximum Gasteiger partial charge on any atom is 0.273 e. The van der Waals surface area contributed by atoms with Gasteiger partial charge in [-0.2, -0.15) is 0 Å². The Morgan fingerprint density at radius 2 is 2.29 bits per heavy atom. The van der Waals surface area contributed by atoms with Gasteiger partial charge in [-0.05, 0) is 18.8 Å². The van der Waals surface area contributed by atoms with Crippen molar-refractivity contribution >= 4 is 18.3 Å². The van der Waals surface area contributed by atoms with Crippen LogP contribution in [-0.4, -0.2) is 40.5 Å². The highest BCUT2D eigenvalue weighted by molar-refractivity contribution is 5.91. The summed E-state index contributed by atoms with van der Waals surface area (Å²) in [5, 5.41) is 13.9. The highest BCUT2D eigenvalue weighted by Gasteiger charge is 2.24. The van der Waals surface area contributed by atoms with Gasteiger partial charge < -0.3 is 10.6 Å². The van der Waals surface area contributed by atoms with Crippen LogP contribution in [-0.2, 0) is 0 Å². The zero-order valence-electron chi connectivity index (χ0n) is 9.43. The van der Waals surface area contributed by atoms with Gasteiger partial charge in [-0.3, -0.25) is 4.79 Å². The molecular formula is C10H16ClN5O. The Morgan fingerprint density at radius 3 is 2.88 bits per heavy atom. The van der Waals surface area contributed by atoms with Crippen LogP contribution in [0.25, 0.3) is 0 Å². The van der Waals surface area contributed by atoms with Crippen LogP contribution in [0, 0.1) is 5.92 Å². The van der Waals surface area contributed by atoms with Crippen molar-refractivity contribution < 1.29 is 4.79 Å². The molecule has 2 N–H and O–H groups in total. The summed E-state index contributed by atoms with van der Waals surface area (Å²) in [7, 11) is 0. The maximum atomic E-state index is 11.7. The number of hydrogen-bond donors (Lipinski definition) is 2. The second-order valence-corrected chi connectivity index (χ2v) is 4.55. The fourth-order valence-corrected chi connectivity index (χ4v) is 1.67. The van der Waals surface area contributed by atoms with Crippen LogP contribution < -0.4 is 10.6 Å².